The third-order valence-corrected chi connectivity index (χ3v) is 4.42. The maximum Gasteiger partial charge on any atom is 0.191 e. The first-order valence-electron chi connectivity index (χ1n) is 5.37. The summed E-state index contributed by atoms with van der Waals surface area (Å²) in [5.74, 6) is 0.746. The van der Waals surface area contributed by atoms with Crippen molar-refractivity contribution in [2.45, 2.75) is 18.6 Å². The van der Waals surface area contributed by atoms with Crippen LogP contribution in [0.15, 0.2) is 4.99 Å². The second-order valence-corrected chi connectivity index (χ2v) is 8.22. The fourth-order valence-corrected chi connectivity index (χ4v) is 1.63. The first-order chi connectivity index (χ1) is 7.70. The van der Waals surface area contributed by atoms with E-state index < -0.39 is 9.84 Å². The molecular formula is C10H23N3O2S2. The average molecular weight is 281 g/mol. The van der Waals surface area contributed by atoms with Gasteiger partial charge in [-0.2, -0.15) is 11.8 Å². The van der Waals surface area contributed by atoms with Crippen LogP contribution in [0.25, 0.3) is 0 Å². The summed E-state index contributed by atoms with van der Waals surface area (Å²) in [7, 11) is -1.26. The fourth-order valence-electron chi connectivity index (χ4n) is 0.944. The van der Waals surface area contributed by atoms with Crippen molar-refractivity contribution in [3.8, 4) is 0 Å². The predicted octanol–water partition coefficient (Wildman–Crippen LogP) is 0.338. The summed E-state index contributed by atoms with van der Waals surface area (Å²) >= 11 is 1.77. The molecule has 0 unspecified atom stereocenters. The molecule has 0 spiro atoms. The Morgan fingerprint density at radius 3 is 2.35 bits per heavy atom. The standard InChI is InChI=1S/C10H23N3O2S2/c1-10(2,16-4)8-13-9(11-3)12-6-7-17(5,14)15/h6-8H2,1-5H3,(H2,11,12,13). The van der Waals surface area contributed by atoms with E-state index in [0.29, 0.717) is 12.5 Å². The Bertz CT molecular complexity index is 351. The van der Waals surface area contributed by atoms with Crippen molar-refractivity contribution in [3.63, 3.8) is 0 Å². The number of nitrogens with one attached hydrogen (secondary N) is 2. The molecule has 0 radical (unpaired) electrons. The van der Waals surface area contributed by atoms with Gasteiger partial charge in [0.25, 0.3) is 0 Å². The highest BCUT2D eigenvalue weighted by Gasteiger charge is 2.16. The van der Waals surface area contributed by atoms with Crippen molar-refractivity contribution in [1.82, 2.24) is 10.6 Å². The van der Waals surface area contributed by atoms with Gasteiger partial charge in [0.15, 0.2) is 5.96 Å². The van der Waals surface area contributed by atoms with Gasteiger partial charge in [0.05, 0.1) is 5.75 Å². The van der Waals surface area contributed by atoms with Crippen LogP contribution >= 0.6 is 11.8 Å². The second kappa shape index (κ2) is 7.10. The van der Waals surface area contributed by atoms with Crippen molar-refractivity contribution < 1.29 is 8.42 Å². The lowest BCUT2D eigenvalue weighted by Crippen LogP contribution is -2.44. The molecule has 7 heteroatoms. The molecule has 0 bridgehead atoms. The molecule has 0 rings (SSSR count). The van der Waals surface area contributed by atoms with Crippen LogP contribution in [0, 0.1) is 0 Å². The third kappa shape index (κ3) is 9.29. The zero-order valence-electron chi connectivity index (χ0n) is 11.2. The smallest absolute Gasteiger partial charge is 0.191 e. The van der Waals surface area contributed by atoms with Crippen LogP contribution in [0.3, 0.4) is 0 Å². The summed E-state index contributed by atoms with van der Waals surface area (Å²) in [4.78, 5) is 4.04. The maximum atomic E-state index is 11.0. The van der Waals surface area contributed by atoms with Gasteiger partial charge in [-0.15, -0.1) is 0 Å². The maximum absolute atomic E-state index is 11.0. The molecule has 0 saturated heterocycles. The molecular weight excluding hydrogens is 258 g/mol. The second-order valence-electron chi connectivity index (χ2n) is 4.45. The lowest BCUT2D eigenvalue weighted by molar-refractivity contribution is 0.600. The Kier molecular flexibility index (Phi) is 6.92. The molecule has 0 aromatic carbocycles. The van der Waals surface area contributed by atoms with Crippen LogP contribution in [0.5, 0.6) is 0 Å². The molecule has 2 N–H and O–H groups in total. The minimum Gasteiger partial charge on any atom is -0.355 e. The van der Waals surface area contributed by atoms with Crippen LogP contribution in [0.1, 0.15) is 13.8 Å². The zero-order chi connectivity index (χ0) is 13.5. The summed E-state index contributed by atoms with van der Waals surface area (Å²) in [6.45, 7) is 5.41. The van der Waals surface area contributed by atoms with E-state index >= 15 is 0 Å². The number of nitrogens with zero attached hydrogens (tertiary/aromatic N) is 1. The highest BCUT2D eigenvalue weighted by Crippen LogP contribution is 2.19. The number of rotatable bonds is 6. The van der Waals surface area contributed by atoms with Gasteiger partial charge in [-0.25, -0.2) is 8.42 Å². The van der Waals surface area contributed by atoms with Crippen LogP contribution in [-0.4, -0.2) is 57.5 Å². The van der Waals surface area contributed by atoms with E-state index in [1.807, 2.05) is 0 Å². The van der Waals surface area contributed by atoms with Gasteiger partial charge in [0, 0.05) is 31.1 Å². The lowest BCUT2D eigenvalue weighted by atomic mass is 10.2. The molecule has 0 aliphatic heterocycles. The van der Waals surface area contributed by atoms with Crippen LogP contribution < -0.4 is 10.6 Å². The van der Waals surface area contributed by atoms with Gasteiger partial charge in [-0.3, -0.25) is 4.99 Å². The fraction of sp³-hybridized carbons (Fsp3) is 0.900. The Morgan fingerprint density at radius 1 is 1.35 bits per heavy atom. The quantitative estimate of drug-likeness (QED) is 0.542. The highest BCUT2D eigenvalue weighted by molar-refractivity contribution is 7.99. The van der Waals surface area contributed by atoms with Gasteiger partial charge < -0.3 is 10.6 Å². The number of aliphatic imine (C=N–C) groups is 1. The van der Waals surface area contributed by atoms with Crippen molar-refractivity contribution in [1.29, 1.82) is 0 Å². The minimum absolute atomic E-state index is 0.111. The molecule has 0 atom stereocenters. The van der Waals surface area contributed by atoms with Gasteiger partial charge in [-0.05, 0) is 20.1 Å². The highest BCUT2D eigenvalue weighted by atomic mass is 32.2. The van der Waals surface area contributed by atoms with Gasteiger partial charge in [0.2, 0.25) is 0 Å². The van der Waals surface area contributed by atoms with E-state index in [-0.39, 0.29) is 10.5 Å². The predicted molar refractivity (Wildman–Crippen MR) is 76.7 cm³/mol. The molecule has 0 fully saturated rings. The summed E-state index contributed by atoms with van der Waals surface area (Å²) in [6.07, 6.45) is 3.28. The van der Waals surface area contributed by atoms with Gasteiger partial charge in [0.1, 0.15) is 9.84 Å². The zero-order valence-corrected chi connectivity index (χ0v) is 12.8. The van der Waals surface area contributed by atoms with Crippen molar-refractivity contribution >= 4 is 27.6 Å². The average Bonchev–Trinajstić information content (AvgIpc) is 2.21. The van der Waals surface area contributed by atoms with E-state index in [9.17, 15) is 8.42 Å². The summed E-state index contributed by atoms with van der Waals surface area (Å²) in [5.41, 5.74) is 0. The largest absolute Gasteiger partial charge is 0.355 e. The van der Waals surface area contributed by atoms with Crippen LogP contribution in [-0.2, 0) is 9.84 Å². The number of thioether (sulfide) groups is 1. The third-order valence-electron chi connectivity index (χ3n) is 2.22. The Labute approximate surface area is 109 Å². The molecule has 17 heavy (non-hydrogen) atoms. The first kappa shape index (κ1) is 16.6. The van der Waals surface area contributed by atoms with Gasteiger partial charge in [-0.1, -0.05) is 0 Å². The normalized spacial score (nSPS) is 13.6. The minimum atomic E-state index is -2.93. The van der Waals surface area contributed by atoms with E-state index in [1.54, 1.807) is 18.8 Å². The Balaban J connectivity index is 4.03. The molecule has 0 aromatic rings. The summed E-state index contributed by atoms with van der Waals surface area (Å²) in [6, 6.07) is 0. The van der Waals surface area contributed by atoms with E-state index in [0.717, 1.165) is 6.54 Å². The SMILES string of the molecule is CN=C(NCCS(C)(=O)=O)NCC(C)(C)SC. The van der Waals surface area contributed by atoms with Crippen LogP contribution in [0.4, 0.5) is 0 Å². The molecule has 0 aliphatic carbocycles. The Hall–Kier alpha value is -0.430. The Morgan fingerprint density at radius 2 is 1.94 bits per heavy atom. The van der Waals surface area contributed by atoms with E-state index in [4.69, 9.17) is 0 Å². The van der Waals surface area contributed by atoms with Crippen molar-refractivity contribution in [2.24, 2.45) is 4.99 Å². The van der Waals surface area contributed by atoms with E-state index in [1.165, 1.54) is 6.26 Å². The topological polar surface area (TPSA) is 70.6 Å². The number of guanidine groups is 1. The molecule has 0 heterocycles. The van der Waals surface area contributed by atoms with Crippen LogP contribution in [0.2, 0.25) is 0 Å². The van der Waals surface area contributed by atoms with E-state index in [2.05, 4.69) is 35.7 Å². The molecule has 0 amide bonds. The molecule has 102 valence electrons. The number of hydrogen-bond acceptors (Lipinski definition) is 4. The van der Waals surface area contributed by atoms with Crippen molar-refractivity contribution in [2.75, 3.05) is 38.4 Å². The molecule has 0 aliphatic rings. The van der Waals surface area contributed by atoms with Crippen molar-refractivity contribution in [3.05, 3.63) is 0 Å². The number of hydrogen-bond donors (Lipinski definition) is 2. The monoisotopic (exact) mass is 281 g/mol. The van der Waals surface area contributed by atoms with Gasteiger partial charge >= 0.3 is 0 Å². The first-order valence-corrected chi connectivity index (χ1v) is 8.66. The lowest BCUT2D eigenvalue weighted by Gasteiger charge is -2.23. The summed E-state index contributed by atoms with van der Waals surface area (Å²) in [5, 5.41) is 6.14. The molecule has 5 nitrogen and oxygen atoms in total. The summed E-state index contributed by atoms with van der Waals surface area (Å²) < 4.78 is 22.0. The molecule has 0 saturated carbocycles. The molecule has 0 aromatic heterocycles. The number of sulfone groups is 1.